The molecule has 0 saturated carbocycles. The van der Waals surface area contributed by atoms with Crippen molar-refractivity contribution in [1.82, 2.24) is 15.2 Å². The first-order valence-corrected chi connectivity index (χ1v) is 9.31. The van der Waals surface area contributed by atoms with E-state index in [-0.39, 0.29) is 11.9 Å². The number of likely N-dealkylation sites (N-methyl/N-ethyl adjacent to an activating group) is 1. The summed E-state index contributed by atoms with van der Waals surface area (Å²) in [6.45, 7) is 3.12. The van der Waals surface area contributed by atoms with Crippen LogP contribution >= 0.6 is 11.3 Å². The van der Waals surface area contributed by atoms with Crippen LogP contribution in [0.15, 0.2) is 54.6 Å². The van der Waals surface area contributed by atoms with Gasteiger partial charge in [0.1, 0.15) is 0 Å². The van der Waals surface area contributed by atoms with Crippen molar-refractivity contribution in [2.45, 2.75) is 19.4 Å². The third kappa shape index (κ3) is 4.65. The molecule has 25 heavy (non-hydrogen) atoms. The number of hydrogen-bond donors (Lipinski definition) is 1. The van der Waals surface area contributed by atoms with E-state index in [2.05, 4.69) is 40.3 Å². The quantitative estimate of drug-likeness (QED) is 0.705. The van der Waals surface area contributed by atoms with Crippen molar-refractivity contribution in [2.75, 3.05) is 20.1 Å². The van der Waals surface area contributed by atoms with E-state index in [9.17, 15) is 4.79 Å². The second kappa shape index (κ2) is 8.23. The van der Waals surface area contributed by atoms with Gasteiger partial charge in [-0.1, -0.05) is 42.5 Å². The number of hydrogen-bond acceptors (Lipinski definition) is 4. The summed E-state index contributed by atoms with van der Waals surface area (Å²) in [6, 6.07) is 18.6. The number of nitrogens with zero attached hydrogens (tertiary/aromatic N) is 2. The average Bonchev–Trinajstić information content (AvgIpc) is 3.04. The number of carbonyl (C=O) groups is 1. The van der Waals surface area contributed by atoms with Crippen LogP contribution in [0.3, 0.4) is 0 Å². The maximum Gasteiger partial charge on any atom is 0.234 e. The normalized spacial score (nSPS) is 12.4. The lowest BCUT2D eigenvalue weighted by molar-refractivity contribution is -0.122. The van der Waals surface area contributed by atoms with Crippen LogP contribution in [-0.4, -0.2) is 35.9 Å². The Morgan fingerprint density at radius 2 is 1.88 bits per heavy atom. The fourth-order valence-corrected chi connectivity index (χ4v) is 3.71. The highest BCUT2D eigenvalue weighted by Gasteiger charge is 2.14. The Bertz CT molecular complexity index is 798. The summed E-state index contributed by atoms with van der Waals surface area (Å²) in [5.74, 6) is 0.0476. The molecule has 0 radical (unpaired) electrons. The van der Waals surface area contributed by atoms with E-state index >= 15 is 0 Å². The largest absolute Gasteiger partial charge is 0.355 e. The molecule has 1 atom stereocenters. The zero-order valence-corrected chi connectivity index (χ0v) is 15.4. The van der Waals surface area contributed by atoms with Crippen LogP contribution < -0.4 is 5.32 Å². The van der Waals surface area contributed by atoms with Gasteiger partial charge in [-0.25, -0.2) is 4.98 Å². The number of para-hydroxylation sites is 1. The lowest BCUT2D eigenvalue weighted by Crippen LogP contribution is -2.37. The number of nitrogens with one attached hydrogen (secondary N) is 1. The van der Waals surface area contributed by atoms with E-state index in [1.54, 1.807) is 11.3 Å². The lowest BCUT2D eigenvalue weighted by Gasteiger charge is -2.24. The van der Waals surface area contributed by atoms with Crippen LogP contribution in [0.1, 0.15) is 23.5 Å². The van der Waals surface area contributed by atoms with Crippen molar-refractivity contribution < 1.29 is 4.79 Å². The molecule has 3 rings (SSSR count). The predicted octanol–water partition coefficient (Wildman–Crippen LogP) is 3.65. The third-order valence-corrected chi connectivity index (χ3v) is 5.43. The van der Waals surface area contributed by atoms with Crippen molar-refractivity contribution in [3.05, 3.63) is 65.2 Å². The van der Waals surface area contributed by atoms with Crippen molar-refractivity contribution >= 4 is 27.5 Å². The summed E-state index contributed by atoms with van der Waals surface area (Å²) < 4.78 is 1.19. The molecule has 130 valence electrons. The first-order valence-electron chi connectivity index (χ1n) is 8.50. The van der Waals surface area contributed by atoms with Gasteiger partial charge in [0.25, 0.3) is 0 Å². The van der Waals surface area contributed by atoms with E-state index in [0.29, 0.717) is 13.1 Å². The highest BCUT2D eigenvalue weighted by molar-refractivity contribution is 7.18. The van der Waals surface area contributed by atoms with Gasteiger partial charge in [0.05, 0.1) is 21.8 Å². The highest BCUT2D eigenvalue weighted by Crippen LogP contribution is 2.21. The maximum absolute atomic E-state index is 12.2. The zero-order valence-electron chi connectivity index (χ0n) is 14.6. The molecule has 0 aliphatic rings. The van der Waals surface area contributed by atoms with E-state index in [1.807, 2.05) is 43.4 Å². The number of fused-ring (bicyclic) bond motifs is 1. The smallest absolute Gasteiger partial charge is 0.234 e. The SMILES string of the molecule is CC(c1ccccc1)N(C)CC(=O)NCCc1nc2ccccc2s1. The number of rotatable bonds is 7. The van der Waals surface area contributed by atoms with E-state index in [1.165, 1.54) is 10.3 Å². The Kier molecular flexibility index (Phi) is 5.79. The Morgan fingerprint density at radius 3 is 2.64 bits per heavy atom. The minimum Gasteiger partial charge on any atom is -0.355 e. The summed E-state index contributed by atoms with van der Waals surface area (Å²) in [5.41, 5.74) is 2.25. The number of carbonyl (C=O) groups excluding carboxylic acids is 1. The number of amides is 1. The molecule has 0 bridgehead atoms. The third-order valence-electron chi connectivity index (χ3n) is 4.34. The molecule has 0 saturated heterocycles. The Hall–Kier alpha value is -2.24. The monoisotopic (exact) mass is 353 g/mol. The molecule has 0 aliphatic heterocycles. The van der Waals surface area contributed by atoms with Gasteiger partial charge in [0.15, 0.2) is 0 Å². The molecule has 5 heteroatoms. The van der Waals surface area contributed by atoms with Crippen molar-refractivity contribution in [2.24, 2.45) is 0 Å². The maximum atomic E-state index is 12.2. The van der Waals surface area contributed by atoms with Gasteiger partial charge in [-0.15, -0.1) is 11.3 Å². The second-order valence-electron chi connectivity index (χ2n) is 6.18. The van der Waals surface area contributed by atoms with Gasteiger partial charge >= 0.3 is 0 Å². The van der Waals surface area contributed by atoms with E-state index < -0.39 is 0 Å². The van der Waals surface area contributed by atoms with Crippen LogP contribution in [0.5, 0.6) is 0 Å². The molecular formula is C20H23N3OS. The molecule has 0 fully saturated rings. The first kappa shape index (κ1) is 17.6. The minimum atomic E-state index is 0.0476. The first-order chi connectivity index (χ1) is 12.1. The van der Waals surface area contributed by atoms with Crippen molar-refractivity contribution in [3.63, 3.8) is 0 Å². The number of thiazole rings is 1. The fourth-order valence-electron chi connectivity index (χ4n) is 2.74. The minimum absolute atomic E-state index is 0.0476. The standard InChI is InChI=1S/C20H23N3OS/c1-15(16-8-4-3-5-9-16)23(2)14-19(24)21-13-12-20-22-17-10-6-7-11-18(17)25-20/h3-11,15H,12-14H2,1-2H3,(H,21,24). The molecule has 2 aromatic carbocycles. The van der Waals surface area contributed by atoms with Gasteiger partial charge in [-0.3, -0.25) is 9.69 Å². The molecule has 0 aliphatic carbocycles. The Labute approximate surface area is 152 Å². The van der Waals surface area contributed by atoms with Gasteiger partial charge in [-0.05, 0) is 31.7 Å². The molecule has 1 N–H and O–H groups in total. The molecule has 0 spiro atoms. The van der Waals surface area contributed by atoms with Crippen LogP contribution in [0, 0.1) is 0 Å². The molecule has 4 nitrogen and oxygen atoms in total. The molecule has 1 amide bonds. The zero-order chi connectivity index (χ0) is 17.6. The van der Waals surface area contributed by atoms with Crippen LogP contribution in [0.25, 0.3) is 10.2 Å². The molecule has 1 aromatic heterocycles. The highest BCUT2D eigenvalue weighted by atomic mass is 32.1. The van der Waals surface area contributed by atoms with Crippen LogP contribution in [0.2, 0.25) is 0 Å². The molecule has 1 unspecified atom stereocenters. The average molecular weight is 353 g/mol. The summed E-state index contributed by atoms with van der Waals surface area (Å²) in [4.78, 5) is 18.8. The second-order valence-corrected chi connectivity index (χ2v) is 7.29. The van der Waals surface area contributed by atoms with E-state index in [4.69, 9.17) is 0 Å². The van der Waals surface area contributed by atoms with Crippen LogP contribution in [0.4, 0.5) is 0 Å². The summed E-state index contributed by atoms with van der Waals surface area (Å²) in [5, 5.41) is 4.06. The van der Waals surface area contributed by atoms with Gasteiger partial charge in [0, 0.05) is 19.0 Å². The fraction of sp³-hybridized carbons (Fsp3) is 0.300. The topological polar surface area (TPSA) is 45.2 Å². The molecular weight excluding hydrogens is 330 g/mol. The van der Waals surface area contributed by atoms with Gasteiger partial charge < -0.3 is 5.32 Å². The Balaban J connectivity index is 1.46. The number of aromatic nitrogens is 1. The van der Waals surface area contributed by atoms with Crippen molar-refractivity contribution in [1.29, 1.82) is 0 Å². The predicted molar refractivity (Wildman–Crippen MR) is 104 cm³/mol. The van der Waals surface area contributed by atoms with E-state index in [0.717, 1.165) is 16.9 Å². The molecule has 1 heterocycles. The van der Waals surface area contributed by atoms with Crippen LogP contribution in [-0.2, 0) is 11.2 Å². The van der Waals surface area contributed by atoms with Gasteiger partial charge in [-0.2, -0.15) is 0 Å². The summed E-state index contributed by atoms with van der Waals surface area (Å²) >= 11 is 1.69. The van der Waals surface area contributed by atoms with Gasteiger partial charge in [0.2, 0.25) is 5.91 Å². The summed E-state index contributed by atoms with van der Waals surface area (Å²) in [6.07, 6.45) is 0.767. The lowest BCUT2D eigenvalue weighted by atomic mass is 10.1. The van der Waals surface area contributed by atoms with Crippen molar-refractivity contribution in [3.8, 4) is 0 Å². The summed E-state index contributed by atoms with van der Waals surface area (Å²) in [7, 11) is 1.98. The number of benzene rings is 2. The Morgan fingerprint density at radius 1 is 1.16 bits per heavy atom. The molecule has 3 aromatic rings.